The van der Waals surface area contributed by atoms with Crippen molar-refractivity contribution >= 4 is 11.3 Å². The number of thiazole rings is 1. The van der Waals surface area contributed by atoms with E-state index in [4.69, 9.17) is 5.73 Å². The lowest BCUT2D eigenvalue weighted by Crippen LogP contribution is -2.01. The predicted octanol–water partition coefficient (Wildman–Crippen LogP) is 2.59. The van der Waals surface area contributed by atoms with Gasteiger partial charge in [-0.2, -0.15) is 0 Å². The summed E-state index contributed by atoms with van der Waals surface area (Å²) in [6.45, 7) is 0.532. The first-order valence-electron chi connectivity index (χ1n) is 4.81. The summed E-state index contributed by atoms with van der Waals surface area (Å²) in [5.74, 6) is -1.68. The molecule has 0 atom stereocenters. The van der Waals surface area contributed by atoms with E-state index in [2.05, 4.69) is 4.98 Å². The normalized spacial score (nSPS) is 10.7. The predicted molar refractivity (Wildman–Crippen MR) is 60.2 cm³/mol. The Labute approximate surface area is 95.7 Å². The van der Waals surface area contributed by atoms with E-state index in [1.165, 1.54) is 23.5 Å². The minimum atomic E-state index is -0.841. The second-order valence-electron chi connectivity index (χ2n) is 3.29. The van der Waals surface area contributed by atoms with Crippen LogP contribution < -0.4 is 5.73 Å². The van der Waals surface area contributed by atoms with Crippen LogP contribution in [0.4, 0.5) is 8.78 Å². The van der Waals surface area contributed by atoms with Crippen molar-refractivity contribution in [2.45, 2.75) is 6.42 Å². The molecular weight excluding hydrogens is 230 g/mol. The van der Waals surface area contributed by atoms with Crippen LogP contribution in [-0.4, -0.2) is 11.5 Å². The van der Waals surface area contributed by atoms with Crippen LogP contribution in [0.3, 0.4) is 0 Å². The molecule has 5 heteroatoms. The number of nitrogens with two attached hydrogens (primary N) is 1. The molecule has 0 bridgehead atoms. The van der Waals surface area contributed by atoms with Crippen molar-refractivity contribution in [3.05, 3.63) is 41.0 Å². The highest BCUT2D eigenvalue weighted by atomic mass is 32.1. The lowest BCUT2D eigenvalue weighted by Gasteiger charge is -1.97. The molecule has 84 valence electrons. The molecule has 2 rings (SSSR count). The van der Waals surface area contributed by atoms with E-state index in [0.29, 0.717) is 18.5 Å². The third-order valence-corrected chi connectivity index (χ3v) is 3.22. The van der Waals surface area contributed by atoms with Crippen LogP contribution in [0.15, 0.2) is 24.4 Å². The number of hydrogen-bond acceptors (Lipinski definition) is 3. The third-order valence-electron chi connectivity index (χ3n) is 2.12. The van der Waals surface area contributed by atoms with Gasteiger partial charge in [-0.3, -0.25) is 0 Å². The average molecular weight is 240 g/mol. The first kappa shape index (κ1) is 11.2. The molecule has 0 fully saturated rings. The van der Waals surface area contributed by atoms with Crippen LogP contribution in [0.2, 0.25) is 0 Å². The Kier molecular flexibility index (Phi) is 3.26. The first-order chi connectivity index (χ1) is 7.70. The quantitative estimate of drug-likeness (QED) is 0.895. The summed E-state index contributed by atoms with van der Waals surface area (Å²) in [4.78, 5) is 4.98. The minimum absolute atomic E-state index is 0.532. The van der Waals surface area contributed by atoms with Crippen LogP contribution in [0.5, 0.6) is 0 Å². The Bertz CT molecular complexity index is 496. The second kappa shape index (κ2) is 4.67. The number of hydrogen-bond donors (Lipinski definition) is 1. The van der Waals surface area contributed by atoms with Crippen molar-refractivity contribution in [1.29, 1.82) is 0 Å². The van der Waals surface area contributed by atoms with E-state index >= 15 is 0 Å². The third kappa shape index (κ3) is 2.25. The molecule has 0 saturated carbocycles. The molecule has 0 aliphatic carbocycles. The van der Waals surface area contributed by atoms with Crippen LogP contribution in [0.1, 0.15) is 5.01 Å². The fourth-order valence-corrected chi connectivity index (χ4v) is 2.26. The van der Waals surface area contributed by atoms with E-state index in [0.717, 1.165) is 16.0 Å². The van der Waals surface area contributed by atoms with Crippen LogP contribution in [0, 0.1) is 11.6 Å². The largest absolute Gasteiger partial charge is 0.330 e. The van der Waals surface area contributed by atoms with Gasteiger partial charge in [0, 0.05) is 12.6 Å². The van der Waals surface area contributed by atoms with E-state index in [1.807, 2.05) is 0 Å². The molecular formula is C11H10F2N2S. The molecule has 16 heavy (non-hydrogen) atoms. The highest BCUT2D eigenvalue weighted by Gasteiger charge is 2.07. The summed E-state index contributed by atoms with van der Waals surface area (Å²) >= 11 is 1.44. The van der Waals surface area contributed by atoms with Gasteiger partial charge < -0.3 is 5.73 Å². The van der Waals surface area contributed by atoms with Gasteiger partial charge in [0.05, 0.1) is 9.88 Å². The van der Waals surface area contributed by atoms with Gasteiger partial charge >= 0.3 is 0 Å². The van der Waals surface area contributed by atoms with E-state index in [-0.39, 0.29) is 0 Å². The van der Waals surface area contributed by atoms with Gasteiger partial charge in [0.2, 0.25) is 0 Å². The fourth-order valence-electron chi connectivity index (χ4n) is 1.33. The number of rotatable bonds is 3. The highest BCUT2D eigenvalue weighted by Crippen LogP contribution is 2.27. The Morgan fingerprint density at radius 2 is 2.06 bits per heavy atom. The molecule has 0 amide bonds. The maximum atomic E-state index is 13.0. The zero-order chi connectivity index (χ0) is 11.5. The molecule has 2 N–H and O–H groups in total. The SMILES string of the molecule is NCCc1ncc(-c2ccc(F)c(F)c2)s1. The van der Waals surface area contributed by atoms with Gasteiger partial charge in [0.1, 0.15) is 0 Å². The van der Waals surface area contributed by atoms with Gasteiger partial charge in [-0.25, -0.2) is 13.8 Å². The number of halogens is 2. The molecule has 2 nitrogen and oxygen atoms in total. The lowest BCUT2D eigenvalue weighted by atomic mass is 10.2. The summed E-state index contributed by atoms with van der Waals surface area (Å²) in [7, 11) is 0. The summed E-state index contributed by atoms with van der Waals surface area (Å²) in [6, 6.07) is 3.83. The van der Waals surface area contributed by atoms with Crippen molar-refractivity contribution in [3.8, 4) is 10.4 Å². The molecule has 2 aromatic rings. The van der Waals surface area contributed by atoms with E-state index in [9.17, 15) is 8.78 Å². The smallest absolute Gasteiger partial charge is 0.159 e. The van der Waals surface area contributed by atoms with Crippen LogP contribution in [0.25, 0.3) is 10.4 Å². The number of benzene rings is 1. The maximum absolute atomic E-state index is 13.0. The molecule has 1 heterocycles. The zero-order valence-corrected chi connectivity index (χ0v) is 9.23. The monoisotopic (exact) mass is 240 g/mol. The first-order valence-corrected chi connectivity index (χ1v) is 5.62. The minimum Gasteiger partial charge on any atom is -0.330 e. The van der Waals surface area contributed by atoms with Crippen molar-refractivity contribution in [2.75, 3.05) is 6.54 Å². The van der Waals surface area contributed by atoms with Crippen molar-refractivity contribution < 1.29 is 8.78 Å². The topological polar surface area (TPSA) is 38.9 Å². The molecule has 0 unspecified atom stereocenters. The van der Waals surface area contributed by atoms with Crippen LogP contribution in [-0.2, 0) is 6.42 Å². The molecule has 0 radical (unpaired) electrons. The molecule has 1 aromatic heterocycles. The number of nitrogens with zero attached hydrogens (tertiary/aromatic N) is 1. The molecule has 0 saturated heterocycles. The lowest BCUT2D eigenvalue weighted by molar-refractivity contribution is 0.509. The molecule has 0 spiro atoms. The van der Waals surface area contributed by atoms with Gasteiger partial charge in [0.15, 0.2) is 11.6 Å². The number of aromatic nitrogens is 1. The van der Waals surface area contributed by atoms with Crippen molar-refractivity contribution in [1.82, 2.24) is 4.98 Å². The summed E-state index contributed by atoms with van der Waals surface area (Å²) in [5.41, 5.74) is 6.05. The Hall–Kier alpha value is -1.33. The summed E-state index contributed by atoms with van der Waals surface area (Å²) in [6.07, 6.45) is 2.36. The van der Waals surface area contributed by atoms with Crippen LogP contribution >= 0.6 is 11.3 Å². The Balaban J connectivity index is 2.31. The molecule has 1 aromatic carbocycles. The van der Waals surface area contributed by atoms with Crippen molar-refractivity contribution in [3.63, 3.8) is 0 Å². The summed E-state index contributed by atoms with van der Waals surface area (Å²) in [5, 5.41) is 0.905. The van der Waals surface area contributed by atoms with E-state index in [1.54, 1.807) is 6.20 Å². The van der Waals surface area contributed by atoms with Crippen molar-refractivity contribution in [2.24, 2.45) is 5.73 Å². The maximum Gasteiger partial charge on any atom is 0.159 e. The van der Waals surface area contributed by atoms with Gasteiger partial charge in [0.25, 0.3) is 0 Å². The fraction of sp³-hybridized carbons (Fsp3) is 0.182. The average Bonchev–Trinajstić information content (AvgIpc) is 2.71. The Morgan fingerprint density at radius 3 is 2.75 bits per heavy atom. The van der Waals surface area contributed by atoms with Gasteiger partial charge in [-0.05, 0) is 24.2 Å². The Morgan fingerprint density at radius 1 is 1.25 bits per heavy atom. The van der Waals surface area contributed by atoms with E-state index < -0.39 is 11.6 Å². The standard InChI is InChI=1S/C11H10F2N2S/c12-8-2-1-7(5-9(8)13)10-6-15-11(16-10)3-4-14/h1-2,5-6H,3-4,14H2. The highest BCUT2D eigenvalue weighted by molar-refractivity contribution is 7.15. The molecule has 0 aliphatic rings. The van der Waals surface area contributed by atoms with Gasteiger partial charge in [-0.1, -0.05) is 6.07 Å². The second-order valence-corrected chi connectivity index (χ2v) is 4.40. The van der Waals surface area contributed by atoms with Gasteiger partial charge in [-0.15, -0.1) is 11.3 Å². The zero-order valence-electron chi connectivity index (χ0n) is 8.41. The molecule has 0 aliphatic heterocycles. The summed E-state index contributed by atoms with van der Waals surface area (Å²) < 4.78 is 25.7.